The average molecular weight is 166 g/mol. The third-order valence-corrected chi connectivity index (χ3v) is 1.32. The molecule has 0 bridgehead atoms. The van der Waals surface area contributed by atoms with E-state index in [1.165, 1.54) is 12.8 Å². The van der Waals surface area contributed by atoms with Crippen LogP contribution in [0, 0.1) is 7.11 Å². The maximum Gasteiger partial charge on any atom is 0.128 e. The fourth-order valence-electron chi connectivity index (χ4n) is 0.843. The maximum atomic E-state index is 5.14. The van der Waals surface area contributed by atoms with Crippen molar-refractivity contribution in [2.75, 3.05) is 6.61 Å². The van der Waals surface area contributed by atoms with Crippen molar-refractivity contribution in [3.63, 3.8) is 0 Å². The van der Waals surface area contributed by atoms with Crippen molar-refractivity contribution in [2.24, 2.45) is 0 Å². The summed E-state index contributed by atoms with van der Waals surface area (Å²) in [4.78, 5) is 0. The van der Waals surface area contributed by atoms with Crippen LogP contribution in [0.3, 0.4) is 0 Å². The second-order valence-electron chi connectivity index (χ2n) is 1.96. The standard InChI is InChI=1S/C6H11O2.V/c1-7-6-4-2-3-5-8-6;/h6H,1-5H2;/q-1;. The summed E-state index contributed by atoms with van der Waals surface area (Å²) < 4.78 is 9.86. The second kappa shape index (κ2) is 5.30. The maximum absolute atomic E-state index is 5.14. The van der Waals surface area contributed by atoms with E-state index < -0.39 is 0 Å². The Bertz CT molecular complexity index is 62.1. The predicted octanol–water partition coefficient (Wildman–Crippen LogP) is 1.32. The molecule has 0 spiro atoms. The van der Waals surface area contributed by atoms with Crippen LogP contribution in [0.15, 0.2) is 0 Å². The molecule has 1 unspecified atom stereocenters. The summed E-state index contributed by atoms with van der Waals surface area (Å²) in [5.41, 5.74) is 0. The molecule has 1 heterocycles. The Morgan fingerprint density at radius 1 is 1.44 bits per heavy atom. The first-order chi connectivity index (χ1) is 3.93. The van der Waals surface area contributed by atoms with E-state index in [4.69, 9.17) is 9.47 Å². The number of ether oxygens (including phenoxy) is 2. The molecule has 1 radical (unpaired) electrons. The van der Waals surface area contributed by atoms with Crippen LogP contribution in [0.5, 0.6) is 0 Å². The normalized spacial score (nSPS) is 27.0. The zero-order valence-corrected chi connectivity index (χ0v) is 6.77. The molecule has 53 valence electrons. The molecule has 0 saturated carbocycles. The molecular weight excluding hydrogens is 155 g/mol. The molecule has 1 atom stereocenters. The van der Waals surface area contributed by atoms with Gasteiger partial charge in [0.15, 0.2) is 0 Å². The fraction of sp³-hybridized carbons (Fsp3) is 0.833. The SMILES string of the molecule is [CH2-]OC1CCCCO1.[V]. The van der Waals surface area contributed by atoms with Gasteiger partial charge in [-0.05, 0) is 19.3 Å². The molecule has 1 rings (SSSR count). The Hall–Kier alpha value is 0.504. The second-order valence-corrected chi connectivity index (χ2v) is 1.96. The molecule has 1 aliphatic heterocycles. The van der Waals surface area contributed by atoms with Crippen LogP contribution in [0.1, 0.15) is 19.3 Å². The Balaban J connectivity index is 0.000000640. The van der Waals surface area contributed by atoms with Gasteiger partial charge in [0.2, 0.25) is 0 Å². The van der Waals surface area contributed by atoms with Gasteiger partial charge in [-0.25, -0.2) is 7.11 Å². The summed E-state index contributed by atoms with van der Waals surface area (Å²) in [6.07, 6.45) is 3.35. The van der Waals surface area contributed by atoms with Gasteiger partial charge in [0.25, 0.3) is 0 Å². The molecular formula is C6H11O2V-. The van der Waals surface area contributed by atoms with Crippen molar-refractivity contribution >= 4 is 0 Å². The number of hydrogen-bond acceptors (Lipinski definition) is 2. The van der Waals surface area contributed by atoms with Gasteiger partial charge in [0.05, 0.1) is 0 Å². The van der Waals surface area contributed by atoms with E-state index in [9.17, 15) is 0 Å². The molecule has 0 amide bonds. The summed E-state index contributed by atoms with van der Waals surface area (Å²) in [5, 5.41) is 0. The van der Waals surface area contributed by atoms with Crippen molar-refractivity contribution in [1.29, 1.82) is 0 Å². The average Bonchev–Trinajstić information content (AvgIpc) is 1.90. The molecule has 0 N–H and O–H groups in total. The van der Waals surface area contributed by atoms with Crippen LogP contribution >= 0.6 is 0 Å². The smallest absolute Gasteiger partial charge is 0.128 e. The van der Waals surface area contributed by atoms with Crippen LogP contribution in [0.4, 0.5) is 0 Å². The van der Waals surface area contributed by atoms with Crippen molar-refractivity contribution in [3.05, 3.63) is 7.11 Å². The monoisotopic (exact) mass is 166 g/mol. The van der Waals surface area contributed by atoms with Gasteiger partial charge >= 0.3 is 0 Å². The summed E-state index contributed by atoms with van der Waals surface area (Å²) in [6, 6.07) is 0. The molecule has 0 aromatic heterocycles. The predicted molar refractivity (Wildman–Crippen MR) is 30.0 cm³/mol. The van der Waals surface area contributed by atoms with Gasteiger partial charge in [-0.1, -0.05) is 0 Å². The zero-order chi connectivity index (χ0) is 5.82. The van der Waals surface area contributed by atoms with Gasteiger partial charge in [0, 0.05) is 25.2 Å². The van der Waals surface area contributed by atoms with E-state index in [0.29, 0.717) is 0 Å². The Morgan fingerprint density at radius 2 is 2.22 bits per heavy atom. The van der Waals surface area contributed by atoms with E-state index in [1.807, 2.05) is 0 Å². The van der Waals surface area contributed by atoms with Crippen molar-refractivity contribution < 1.29 is 28.0 Å². The van der Waals surface area contributed by atoms with Crippen molar-refractivity contribution in [1.82, 2.24) is 0 Å². The first-order valence-corrected chi connectivity index (χ1v) is 2.96. The van der Waals surface area contributed by atoms with Gasteiger partial charge in [-0.3, -0.25) is 0 Å². The fourth-order valence-corrected chi connectivity index (χ4v) is 0.843. The van der Waals surface area contributed by atoms with Crippen LogP contribution in [0.25, 0.3) is 0 Å². The summed E-state index contributed by atoms with van der Waals surface area (Å²) >= 11 is 0. The quantitative estimate of drug-likeness (QED) is 0.547. The van der Waals surface area contributed by atoms with Crippen LogP contribution in [-0.2, 0) is 28.0 Å². The van der Waals surface area contributed by atoms with Gasteiger partial charge in [-0.15, -0.1) is 0 Å². The van der Waals surface area contributed by atoms with Crippen molar-refractivity contribution in [3.8, 4) is 0 Å². The molecule has 0 aromatic carbocycles. The Kier molecular flexibility index (Phi) is 5.60. The van der Waals surface area contributed by atoms with E-state index in [0.717, 1.165) is 13.0 Å². The molecule has 2 nitrogen and oxygen atoms in total. The third-order valence-electron chi connectivity index (χ3n) is 1.32. The Labute approximate surface area is 67.8 Å². The van der Waals surface area contributed by atoms with E-state index in [1.54, 1.807) is 0 Å². The first-order valence-electron chi connectivity index (χ1n) is 2.96. The van der Waals surface area contributed by atoms with Gasteiger partial charge in [0.1, 0.15) is 6.29 Å². The van der Waals surface area contributed by atoms with Gasteiger partial charge in [-0.2, -0.15) is 0 Å². The summed E-state index contributed by atoms with van der Waals surface area (Å²) in [5.74, 6) is 0. The Morgan fingerprint density at radius 3 is 2.56 bits per heavy atom. The minimum Gasteiger partial charge on any atom is -0.533 e. The molecule has 9 heavy (non-hydrogen) atoms. The topological polar surface area (TPSA) is 18.5 Å². The molecule has 3 heteroatoms. The summed E-state index contributed by atoms with van der Waals surface area (Å²) in [6.45, 7) is 0.834. The van der Waals surface area contributed by atoms with Crippen LogP contribution < -0.4 is 0 Å². The minimum atomic E-state index is -0.0243. The minimum absolute atomic E-state index is 0. The molecule has 0 aromatic rings. The van der Waals surface area contributed by atoms with E-state index in [2.05, 4.69) is 7.11 Å². The van der Waals surface area contributed by atoms with E-state index >= 15 is 0 Å². The number of hydrogen-bond donors (Lipinski definition) is 0. The molecule has 1 aliphatic rings. The van der Waals surface area contributed by atoms with Gasteiger partial charge < -0.3 is 9.47 Å². The third kappa shape index (κ3) is 3.26. The largest absolute Gasteiger partial charge is 0.533 e. The van der Waals surface area contributed by atoms with Crippen molar-refractivity contribution in [2.45, 2.75) is 25.6 Å². The van der Waals surface area contributed by atoms with E-state index in [-0.39, 0.29) is 24.8 Å². The number of rotatable bonds is 1. The zero-order valence-electron chi connectivity index (χ0n) is 5.38. The van der Waals surface area contributed by atoms with Crippen LogP contribution in [0.2, 0.25) is 0 Å². The first kappa shape index (κ1) is 9.50. The van der Waals surface area contributed by atoms with Crippen LogP contribution in [-0.4, -0.2) is 12.9 Å². The summed E-state index contributed by atoms with van der Waals surface area (Å²) in [7, 11) is 3.28. The molecule has 1 fully saturated rings. The molecule has 0 aliphatic carbocycles. The molecule has 1 saturated heterocycles.